The summed E-state index contributed by atoms with van der Waals surface area (Å²) in [5.74, 6) is -0.103. The third-order valence-electron chi connectivity index (χ3n) is 4.49. The molecule has 130 valence electrons. The van der Waals surface area contributed by atoms with E-state index in [4.69, 9.17) is 9.16 Å². The topological polar surface area (TPSA) is 47.6 Å². The smallest absolute Gasteiger partial charge is 0.246 e. The Kier molecular flexibility index (Phi) is 7.44. The number of methoxy groups -OCH3 is 1. The summed E-state index contributed by atoms with van der Waals surface area (Å²) in [7, 11) is -0.240. The molecule has 0 spiro atoms. The van der Waals surface area contributed by atoms with E-state index in [0.717, 1.165) is 12.0 Å². The first-order valence-electron chi connectivity index (χ1n) is 8.14. The largest absolute Gasteiger partial charge is 0.417 e. The molecule has 23 heavy (non-hydrogen) atoms. The molecule has 0 bridgehead atoms. The molecule has 0 aliphatic carbocycles. The lowest BCUT2D eigenvalue weighted by Gasteiger charge is -2.36. The van der Waals surface area contributed by atoms with E-state index in [0.29, 0.717) is 6.61 Å². The van der Waals surface area contributed by atoms with Crippen molar-refractivity contribution in [1.29, 1.82) is 0 Å². The highest BCUT2D eigenvalue weighted by molar-refractivity contribution is 6.74. The van der Waals surface area contributed by atoms with Crippen molar-refractivity contribution in [3.63, 3.8) is 0 Å². The Morgan fingerprint density at radius 1 is 1.22 bits per heavy atom. The predicted molar refractivity (Wildman–Crippen MR) is 97.0 cm³/mol. The van der Waals surface area contributed by atoms with Crippen molar-refractivity contribution in [2.75, 3.05) is 20.3 Å². The van der Waals surface area contributed by atoms with Gasteiger partial charge < -0.3 is 14.5 Å². The molecule has 1 aromatic carbocycles. The van der Waals surface area contributed by atoms with Gasteiger partial charge in [0.05, 0.1) is 6.04 Å². The van der Waals surface area contributed by atoms with Gasteiger partial charge in [0, 0.05) is 13.7 Å². The highest BCUT2D eigenvalue weighted by atomic mass is 28.4. The molecule has 5 heteroatoms. The van der Waals surface area contributed by atoms with E-state index < -0.39 is 8.32 Å². The molecule has 0 aliphatic rings. The van der Waals surface area contributed by atoms with Crippen molar-refractivity contribution >= 4 is 14.2 Å². The van der Waals surface area contributed by atoms with Gasteiger partial charge in [-0.1, -0.05) is 51.1 Å². The first kappa shape index (κ1) is 19.9. The van der Waals surface area contributed by atoms with Gasteiger partial charge in [-0.15, -0.1) is 0 Å². The predicted octanol–water partition coefficient (Wildman–Crippen LogP) is 3.90. The number of nitrogens with one attached hydrogen (secondary N) is 1. The van der Waals surface area contributed by atoms with E-state index in [1.165, 1.54) is 7.11 Å². The molecule has 0 saturated heterocycles. The van der Waals surface area contributed by atoms with E-state index in [1.54, 1.807) is 0 Å². The van der Waals surface area contributed by atoms with Gasteiger partial charge >= 0.3 is 0 Å². The number of hydrogen-bond acceptors (Lipinski definition) is 3. The van der Waals surface area contributed by atoms with Crippen LogP contribution in [-0.4, -0.2) is 34.5 Å². The average molecular weight is 338 g/mol. The maximum atomic E-state index is 11.9. The van der Waals surface area contributed by atoms with Crippen LogP contribution in [0.4, 0.5) is 0 Å². The molecule has 0 aromatic heterocycles. The molecule has 0 radical (unpaired) electrons. The monoisotopic (exact) mass is 337 g/mol. The zero-order valence-corrected chi connectivity index (χ0v) is 16.3. The van der Waals surface area contributed by atoms with E-state index in [2.05, 4.69) is 39.2 Å². The molecule has 0 aliphatic heterocycles. The Balaban J connectivity index is 2.69. The molecule has 1 atom stereocenters. The van der Waals surface area contributed by atoms with Crippen molar-refractivity contribution < 1.29 is 14.0 Å². The lowest BCUT2D eigenvalue weighted by Crippen LogP contribution is -2.41. The maximum absolute atomic E-state index is 11.9. The molecule has 0 unspecified atom stereocenters. The van der Waals surface area contributed by atoms with Crippen LogP contribution in [0.3, 0.4) is 0 Å². The van der Waals surface area contributed by atoms with Crippen LogP contribution in [-0.2, 0) is 14.0 Å². The Morgan fingerprint density at radius 2 is 1.83 bits per heavy atom. The van der Waals surface area contributed by atoms with Crippen LogP contribution in [0.15, 0.2) is 30.3 Å². The Morgan fingerprint density at radius 3 is 2.35 bits per heavy atom. The minimum absolute atomic E-state index is 0.0522. The summed E-state index contributed by atoms with van der Waals surface area (Å²) in [6.45, 7) is 11.9. The summed E-state index contributed by atoms with van der Waals surface area (Å²) in [5.41, 5.74) is 1.09. The summed E-state index contributed by atoms with van der Waals surface area (Å²) < 4.78 is 11.2. The van der Waals surface area contributed by atoms with Gasteiger partial charge in [-0.25, -0.2) is 0 Å². The zero-order valence-electron chi connectivity index (χ0n) is 15.3. The minimum Gasteiger partial charge on any atom is -0.417 e. The van der Waals surface area contributed by atoms with Gasteiger partial charge in [-0.3, -0.25) is 4.79 Å². The lowest BCUT2D eigenvalue weighted by atomic mass is 10.0. The molecule has 1 aromatic rings. The second-order valence-electron chi connectivity index (χ2n) is 7.36. The molecule has 0 heterocycles. The van der Waals surface area contributed by atoms with E-state index in [9.17, 15) is 4.79 Å². The van der Waals surface area contributed by atoms with Crippen molar-refractivity contribution in [3.8, 4) is 0 Å². The Labute approximate surface area is 141 Å². The van der Waals surface area contributed by atoms with Crippen LogP contribution in [0.25, 0.3) is 0 Å². The maximum Gasteiger partial charge on any atom is 0.246 e. The van der Waals surface area contributed by atoms with Gasteiger partial charge in [-0.2, -0.15) is 0 Å². The summed E-state index contributed by atoms with van der Waals surface area (Å²) >= 11 is 0. The first-order chi connectivity index (χ1) is 10.7. The Hall–Kier alpha value is -1.17. The highest BCUT2D eigenvalue weighted by Crippen LogP contribution is 2.36. The third-order valence-corrected chi connectivity index (χ3v) is 9.03. The molecule has 1 N–H and O–H groups in total. The van der Waals surface area contributed by atoms with Crippen molar-refractivity contribution in [2.45, 2.75) is 51.4 Å². The molecular weight excluding hydrogens is 306 g/mol. The molecule has 0 fully saturated rings. The number of carbonyl (C=O) groups is 1. The fourth-order valence-corrected chi connectivity index (χ4v) is 3.08. The highest BCUT2D eigenvalue weighted by Gasteiger charge is 2.37. The van der Waals surface area contributed by atoms with E-state index >= 15 is 0 Å². The second kappa shape index (κ2) is 8.62. The number of hydrogen-bond donors (Lipinski definition) is 1. The SMILES string of the molecule is COCC(=O)N[C@@H](CCO[Si](C)(C)C(C)(C)C)c1ccccc1. The Bertz CT molecular complexity index is 483. The number of amides is 1. The molecule has 1 amide bonds. The summed E-state index contributed by atoms with van der Waals surface area (Å²) in [6, 6.07) is 9.96. The normalized spacial score (nSPS) is 13.7. The van der Waals surface area contributed by atoms with Gasteiger partial charge in [0.15, 0.2) is 8.32 Å². The number of benzene rings is 1. The van der Waals surface area contributed by atoms with Crippen molar-refractivity contribution in [1.82, 2.24) is 5.32 Å². The van der Waals surface area contributed by atoms with Crippen molar-refractivity contribution in [2.24, 2.45) is 0 Å². The van der Waals surface area contributed by atoms with E-state index in [-0.39, 0.29) is 23.6 Å². The van der Waals surface area contributed by atoms with Gasteiger partial charge in [0.1, 0.15) is 6.61 Å². The minimum atomic E-state index is -1.77. The fourth-order valence-electron chi connectivity index (χ4n) is 2.02. The third kappa shape index (κ3) is 6.45. The molecule has 1 rings (SSSR count). The van der Waals surface area contributed by atoms with Gasteiger partial charge in [0.2, 0.25) is 5.91 Å². The standard InChI is InChI=1S/C18H31NO3Si/c1-18(2,3)23(5,6)22-13-12-16(19-17(20)14-21-4)15-10-8-7-9-11-15/h7-11,16H,12-14H2,1-6H3,(H,19,20)/t16-/m0/s1. The van der Waals surface area contributed by atoms with Crippen LogP contribution in [0.1, 0.15) is 38.8 Å². The quantitative estimate of drug-likeness (QED) is 0.732. The fraction of sp³-hybridized carbons (Fsp3) is 0.611. The lowest BCUT2D eigenvalue weighted by molar-refractivity contribution is -0.125. The number of carbonyl (C=O) groups excluding carboxylic acids is 1. The first-order valence-corrected chi connectivity index (χ1v) is 11.1. The van der Waals surface area contributed by atoms with Gasteiger partial charge in [-0.05, 0) is 30.1 Å². The molecule has 0 saturated carbocycles. The average Bonchev–Trinajstić information content (AvgIpc) is 2.46. The van der Waals surface area contributed by atoms with Crippen LogP contribution < -0.4 is 5.32 Å². The van der Waals surface area contributed by atoms with Crippen molar-refractivity contribution in [3.05, 3.63) is 35.9 Å². The summed E-state index contributed by atoms with van der Waals surface area (Å²) in [6.07, 6.45) is 0.756. The molecular formula is C18H31NO3Si. The summed E-state index contributed by atoms with van der Waals surface area (Å²) in [4.78, 5) is 11.9. The number of rotatable bonds is 8. The van der Waals surface area contributed by atoms with Gasteiger partial charge in [0.25, 0.3) is 0 Å². The summed E-state index contributed by atoms with van der Waals surface area (Å²) in [5, 5.41) is 3.22. The van der Waals surface area contributed by atoms with E-state index in [1.807, 2.05) is 30.3 Å². The number of ether oxygens (including phenoxy) is 1. The molecule has 4 nitrogen and oxygen atoms in total. The second-order valence-corrected chi connectivity index (χ2v) is 12.2. The van der Waals surface area contributed by atoms with Crippen LogP contribution in [0, 0.1) is 0 Å². The van der Waals surface area contributed by atoms with Crippen LogP contribution >= 0.6 is 0 Å². The zero-order chi connectivity index (χ0) is 17.5. The van der Waals surface area contributed by atoms with Crippen LogP contribution in [0.5, 0.6) is 0 Å². The van der Waals surface area contributed by atoms with Crippen LogP contribution in [0.2, 0.25) is 18.1 Å².